The zero-order chi connectivity index (χ0) is 18.4. The average Bonchev–Trinajstić information content (AvgIpc) is 2.94. The van der Waals surface area contributed by atoms with E-state index in [1.54, 1.807) is 13.1 Å². The Labute approximate surface area is 140 Å². The van der Waals surface area contributed by atoms with Gasteiger partial charge in [0.2, 0.25) is 0 Å². The van der Waals surface area contributed by atoms with Gasteiger partial charge in [-0.3, -0.25) is 0 Å². The van der Waals surface area contributed by atoms with E-state index in [4.69, 9.17) is 0 Å². The molecule has 1 atom stereocenters. The Hall–Kier alpha value is -2.02. The van der Waals surface area contributed by atoms with Crippen molar-refractivity contribution in [3.63, 3.8) is 0 Å². The Bertz CT molecular complexity index is 759. The summed E-state index contributed by atoms with van der Waals surface area (Å²) in [5.41, 5.74) is -1.73. The summed E-state index contributed by atoms with van der Waals surface area (Å²) < 4.78 is 80.0. The number of aryl methyl sites for hydroxylation is 1. The molecule has 1 aliphatic carbocycles. The summed E-state index contributed by atoms with van der Waals surface area (Å²) in [6, 6.07) is 6.51. The lowest BCUT2D eigenvalue weighted by Gasteiger charge is -2.20. The molecule has 0 aliphatic heterocycles. The van der Waals surface area contributed by atoms with Crippen LogP contribution in [0.25, 0.3) is 11.1 Å². The van der Waals surface area contributed by atoms with Gasteiger partial charge in [-0.25, -0.2) is 0 Å². The molecule has 1 aliphatic rings. The van der Waals surface area contributed by atoms with Crippen LogP contribution in [0.1, 0.15) is 34.7 Å². The lowest BCUT2D eigenvalue weighted by atomic mass is 9.91. The quantitative estimate of drug-likeness (QED) is 0.689. The number of hydrogen-bond donors (Lipinski definition) is 1. The number of fused-ring (bicyclic) bond motifs is 1. The molecule has 7 heteroatoms. The second-order valence-electron chi connectivity index (χ2n) is 6.02. The van der Waals surface area contributed by atoms with Crippen LogP contribution in [-0.2, 0) is 18.8 Å². The highest BCUT2D eigenvalue weighted by Gasteiger charge is 2.41. The lowest BCUT2D eigenvalue weighted by Crippen LogP contribution is -2.15. The molecule has 25 heavy (non-hydrogen) atoms. The van der Waals surface area contributed by atoms with Crippen LogP contribution >= 0.6 is 0 Å². The summed E-state index contributed by atoms with van der Waals surface area (Å²) >= 11 is 0. The molecule has 0 fully saturated rings. The number of hydrogen-bond acceptors (Lipinski definition) is 1. The topological polar surface area (TPSA) is 12.0 Å². The predicted molar refractivity (Wildman–Crippen MR) is 82.0 cm³/mol. The second-order valence-corrected chi connectivity index (χ2v) is 6.02. The average molecular weight is 359 g/mol. The predicted octanol–water partition coefficient (Wildman–Crippen LogP) is 5.60. The van der Waals surface area contributed by atoms with E-state index in [1.807, 2.05) is 0 Å². The fraction of sp³-hybridized carbons (Fsp3) is 0.333. The Morgan fingerprint density at radius 3 is 2.04 bits per heavy atom. The van der Waals surface area contributed by atoms with Crippen molar-refractivity contribution >= 4 is 0 Å². The largest absolute Gasteiger partial charge is 0.417 e. The fourth-order valence-corrected chi connectivity index (χ4v) is 3.39. The third-order valence-corrected chi connectivity index (χ3v) is 4.54. The van der Waals surface area contributed by atoms with Gasteiger partial charge in [0.25, 0.3) is 0 Å². The molecule has 0 spiro atoms. The molecule has 1 nitrogen and oxygen atoms in total. The van der Waals surface area contributed by atoms with Crippen molar-refractivity contribution in [2.75, 3.05) is 7.05 Å². The highest BCUT2D eigenvalue weighted by Crippen LogP contribution is 2.45. The lowest BCUT2D eigenvalue weighted by molar-refractivity contribution is -0.142. The van der Waals surface area contributed by atoms with E-state index in [0.29, 0.717) is 12.1 Å². The molecular weight excluding hydrogens is 344 g/mol. The highest BCUT2D eigenvalue weighted by atomic mass is 19.4. The molecule has 0 radical (unpaired) electrons. The van der Waals surface area contributed by atoms with Crippen LogP contribution in [0, 0.1) is 0 Å². The normalized spacial score (nSPS) is 17.6. The zero-order valence-corrected chi connectivity index (χ0v) is 13.2. The molecular formula is C18H15F6N. The molecule has 1 N–H and O–H groups in total. The van der Waals surface area contributed by atoms with Gasteiger partial charge in [-0.05, 0) is 54.8 Å². The van der Waals surface area contributed by atoms with Gasteiger partial charge in [-0.1, -0.05) is 18.2 Å². The van der Waals surface area contributed by atoms with Crippen LogP contribution in [0.4, 0.5) is 26.3 Å². The maximum atomic E-state index is 13.3. The third-order valence-electron chi connectivity index (χ3n) is 4.54. The maximum absolute atomic E-state index is 13.3. The van der Waals surface area contributed by atoms with Crippen molar-refractivity contribution in [3.05, 3.63) is 58.7 Å². The van der Waals surface area contributed by atoms with E-state index in [-0.39, 0.29) is 11.6 Å². The molecule has 0 heterocycles. The summed E-state index contributed by atoms with van der Waals surface area (Å²) in [6.07, 6.45) is -8.24. The molecule has 0 saturated carbocycles. The number of benzene rings is 2. The van der Waals surface area contributed by atoms with Gasteiger partial charge < -0.3 is 5.32 Å². The summed E-state index contributed by atoms with van der Waals surface area (Å²) in [6.45, 7) is 0. The van der Waals surface area contributed by atoms with E-state index >= 15 is 0 Å². The minimum absolute atomic E-state index is 0.0673. The van der Waals surface area contributed by atoms with Gasteiger partial charge in [0.15, 0.2) is 0 Å². The molecule has 0 saturated heterocycles. The molecule has 0 aromatic heterocycles. The Balaban J connectivity index is 2.26. The standard InChI is InChI=1S/C18H15F6N/c1-25-15-8-7-10-5-6-11(9-12(10)15)16-13(17(19,20)21)3-2-4-14(16)18(22,23)24/h2-6,9,15,25H,7-8H2,1H3. The fourth-order valence-electron chi connectivity index (χ4n) is 3.39. The van der Waals surface area contributed by atoms with Crippen molar-refractivity contribution < 1.29 is 26.3 Å². The Morgan fingerprint density at radius 2 is 1.52 bits per heavy atom. The second kappa shape index (κ2) is 6.05. The molecule has 0 bridgehead atoms. The van der Waals surface area contributed by atoms with Crippen molar-refractivity contribution in [2.24, 2.45) is 0 Å². The first kappa shape index (κ1) is 17.8. The molecule has 3 rings (SSSR count). The van der Waals surface area contributed by atoms with Crippen LogP contribution < -0.4 is 5.32 Å². The number of halogens is 6. The van der Waals surface area contributed by atoms with Crippen LogP contribution in [0.2, 0.25) is 0 Å². The van der Waals surface area contributed by atoms with E-state index in [1.165, 1.54) is 12.1 Å². The number of rotatable bonds is 2. The van der Waals surface area contributed by atoms with E-state index in [9.17, 15) is 26.3 Å². The minimum Gasteiger partial charge on any atom is -0.313 e. The van der Waals surface area contributed by atoms with Crippen molar-refractivity contribution in [3.8, 4) is 11.1 Å². The van der Waals surface area contributed by atoms with Crippen LogP contribution in [0.15, 0.2) is 36.4 Å². The van der Waals surface area contributed by atoms with Crippen LogP contribution in [0.3, 0.4) is 0 Å². The maximum Gasteiger partial charge on any atom is 0.417 e. The number of alkyl halides is 6. The zero-order valence-electron chi connectivity index (χ0n) is 13.2. The first-order valence-corrected chi connectivity index (χ1v) is 7.71. The van der Waals surface area contributed by atoms with Gasteiger partial charge in [-0.2, -0.15) is 26.3 Å². The SMILES string of the molecule is CNC1CCc2ccc(-c3c(C(F)(F)F)cccc3C(F)(F)F)cc21. The molecule has 2 aromatic carbocycles. The van der Waals surface area contributed by atoms with Crippen molar-refractivity contribution in [1.82, 2.24) is 5.32 Å². The molecule has 1 unspecified atom stereocenters. The molecule has 134 valence electrons. The molecule has 0 amide bonds. The summed E-state index contributed by atoms with van der Waals surface area (Å²) in [5, 5.41) is 3.04. The van der Waals surface area contributed by atoms with Crippen LogP contribution in [0.5, 0.6) is 0 Å². The Morgan fingerprint density at radius 1 is 0.920 bits per heavy atom. The number of nitrogens with one attached hydrogen (secondary N) is 1. The van der Waals surface area contributed by atoms with Crippen molar-refractivity contribution in [2.45, 2.75) is 31.2 Å². The summed E-state index contributed by atoms with van der Waals surface area (Å²) in [7, 11) is 1.72. The van der Waals surface area contributed by atoms with Gasteiger partial charge in [0.1, 0.15) is 0 Å². The van der Waals surface area contributed by atoms with Crippen molar-refractivity contribution in [1.29, 1.82) is 0 Å². The monoisotopic (exact) mass is 359 g/mol. The third kappa shape index (κ3) is 3.25. The smallest absolute Gasteiger partial charge is 0.313 e. The minimum atomic E-state index is -4.88. The van der Waals surface area contributed by atoms with E-state index in [0.717, 1.165) is 30.0 Å². The summed E-state index contributed by atoms with van der Waals surface area (Å²) in [4.78, 5) is 0. The van der Waals surface area contributed by atoms with E-state index < -0.39 is 29.0 Å². The molecule has 2 aromatic rings. The van der Waals surface area contributed by atoms with Crippen LogP contribution in [-0.4, -0.2) is 7.05 Å². The Kier molecular flexibility index (Phi) is 4.31. The van der Waals surface area contributed by atoms with E-state index in [2.05, 4.69) is 5.32 Å². The summed E-state index contributed by atoms with van der Waals surface area (Å²) in [5.74, 6) is 0. The first-order valence-electron chi connectivity index (χ1n) is 7.71. The van der Waals surface area contributed by atoms with Gasteiger partial charge in [0.05, 0.1) is 11.1 Å². The van der Waals surface area contributed by atoms with Gasteiger partial charge in [-0.15, -0.1) is 0 Å². The first-order chi connectivity index (χ1) is 11.6. The highest BCUT2D eigenvalue weighted by molar-refractivity contribution is 5.74. The van der Waals surface area contributed by atoms with Gasteiger partial charge in [0, 0.05) is 11.6 Å². The van der Waals surface area contributed by atoms with Gasteiger partial charge >= 0.3 is 12.4 Å².